The van der Waals surface area contributed by atoms with Crippen LogP contribution in [0.1, 0.15) is 42.6 Å². The van der Waals surface area contributed by atoms with Crippen molar-refractivity contribution in [3.8, 4) is 5.75 Å². The molecule has 0 radical (unpaired) electrons. The molecule has 0 aromatic heterocycles. The van der Waals surface area contributed by atoms with Gasteiger partial charge in [0, 0.05) is 0 Å². The molecule has 29 heavy (non-hydrogen) atoms. The molecule has 0 fully saturated rings. The zero-order chi connectivity index (χ0) is 21.8. The molecular weight excluding hydrogens is 432 g/mol. The van der Waals surface area contributed by atoms with Crippen LogP contribution in [0.2, 0.25) is 10.0 Å². The van der Waals surface area contributed by atoms with Gasteiger partial charge in [0.2, 0.25) is 0 Å². The predicted octanol–water partition coefficient (Wildman–Crippen LogP) is 5.92. The van der Waals surface area contributed by atoms with Crippen molar-refractivity contribution in [1.29, 1.82) is 0 Å². The highest BCUT2D eigenvalue weighted by Crippen LogP contribution is 2.37. The fourth-order valence-corrected chi connectivity index (χ4v) is 3.15. The first-order valence-electron chi connectivity index (χ1n) is 8.76. The molecule has 2 aromatic rings. The van der Waals surface area contributed by atoms with Crippen molar-refractivity contribution in [3.05, 3.63) is 63.1 Å². The van der Waals surface area contributed by atoms with E-state index in [1.54, 1.807) is 13.0 Å². The SMILES string of the molecule is CCC(Oc1ccc(CCC(O)c2ccc(C(F)(F)F)cc2)c(Cl)c1Cl)C(=O)O. The molecule has 2 aromatic carbocycles. The molecular formula is C20H19Cl2F3O4. The summed E-state index contributed by atoms with van der Waals surface area (Å²) in [7, 11) is 0. The molecule has 2 unspecified atom stereocenters. The van der Waals surface area contributed by atoms with Crippen molar-refractivity contribution in [2.45, 2.75) is 44.6 Å². The Morgan fingerprint density at radius 3 is 2.24 bits per heavy atom. The Kier molecular flexibility index (Phi) is 7.80. The number of aliphatic carboxylic acids is 1. The van der Waals surface area contributed by atoms with Crippen LogP contribution in [0, 0.1) is 0 Å². The Labute approximate surface area is 175 Å². The third-order valence-electron chi connectivity index (χ3n) is 4.35. The first kappa shape index (κ1) is 23.3. The van der Waals surface area contributed by atoms with Crippen LogP contribution >= 0.6 is 23.2 Å². The van der Waals surface area contributed by atoms with Gasteiger partial charge in [-0.05, 0) is 48.6 Å². The molecule has 0 aliphatic rings. The molecule has 0 amide bonds. The number of aliphatic hydroxyl groups excluding tert-OH is 1. The summed E-state index contributed by atoms with van der Waals surface area (Å²) in [5, 5.41) is 19.6. The first-order chi connectivity index (χ1) is 13.5. The second-order valence-corrected chi connectivity index (χ2v) is 7.13. The maximum atomic E-state index is 12.6. The highest BCUT2D eigenvalue weighted by Gasteiger charge is 2.30. The molecule has 0 saturated carbocycles. The first-order valence-corrected chi connectivity index (χ1v) is 9.51. The number of hydrogen-bond donors (Lipinski definition) is 2. The van der Waals surface area contributed by atoms with Crippen LogP contribution in [0.3, 0.4) is 0 Å². The number of carboxylic acids is 1. The van der Waals surface area contributed by atoms with Crippen LogP contribution in [0.4, 0.5) is 13.2 Å². The Morgan fingerprint density at radius 1 is 1.10 bits per heavy atom. The Balaban J connectivity index is 2.07. The van der Waals surface area contributed by atoms with Crippen LogP contribution in [-0.2, 0) is 17.4 Å². The normalized spacial score (nSPS) is 13.8. The smallest absolute Gasteiger partial charge is 0.416 e. The summed E-state index contributed by atoms with van der Waals surface area (Å²) in [5.74, 6) is -0.985. The van der Waals surface area contributed by atoms with Crippen molar-refractivity contribution in [2.75, 3.05) is 0 Å². The van der Waals surface area contributed by atoms with Crippen molar-refractivity contribution >= 4 is 29.2 Å². The molecule has 2 N–H and O–H groups in total. The lowest BCUT2D eigenvalue weighted by Crippen LogP contribution is -2.26. The van der Waals surface area contributed by atoms with Gasteiger partial charge in [0.05, 0.1) is 16.7 Å². The highest BCUT2D eigenvalue weighted by atomic mass is 35.5. The van der Waals surface area contributed by atoms with Gasteiger partial charge in [0.25, 0.3) is 0 Å². The highest BCUT2D eigenvalue weighted by molar-refractivity contribution is 6.43. The van der Waals surface area contributed by atoms with Gasteiger partial charge in [-0.1, -0.05) is 48.3 Å². The number of aliphatic hydroxyl groups is 1. The largest absolute Gasteiger partial charge is 0.479 e. The van der Waals surface area contributed by atoms with E-state index in [1.165, 1.54) is 18.2 Å². The van der Waals surface area contributed by atoms with Crippen molar-refractivity contribution in [3.63, 3.8) is 0 Å². The molecule has 0 bridgehead atoms. The zero-order valence-corrected chi connectivity index (χ0v) is 16.9. The summed E-state index contributed by atoms with van der Waals surface area (Å²) in [6.45, 7) is 1.66. The predicted molar refractivity (Wildman–Crippen MR) is 104 cm³/mol. The average molecular weight is 451 g/mol. The van der Waals surface area contributed by atoms with E-state index in [0.717, 1.165) is 12.1 Å². The topological polar surface area (TPSA) is 66.8 Å². The molecule has 158 valence electrons. The number of benzene rings is 2. The lowest BCUT2D eigenvalue weighted by Gasteiger charge is -2.17. The fourth-order valence-electron chi connectivity index (χ4n) is 2.67. The summed E-state index contributed by atoms with van der Waals surface area (Å²) >= 11 is 12.4. The van der Waals surface area contributed by atoms with E-state index >= 15 is 0 Å². The summed E-state index contributed by atoms with van der Waals surface area (Å²) < 4.78 is 43.2. The third kappa shape index (κ3) is 6.01. The number of carboxylic acid groups (broad SMARTS) is 1. The Bertz CT molecular complexity index is 854. The molecule has 2 rings (SSSR count). The summed E-state index contributed by atoms with van der Waals surface area (Å²) in [6.07, 6.45) is -5.74. The van der Waals surface area contributed by atoms with Crippen molar-refractivity contribution in [2.24, 2.45) is 0 Å². The van der Waals surface area contributed by atoms with E-state index in [4.69, 9.17) is 33.0 Å². The number of alkyl halides is 3. The number of hydrogen-bond acceptors (Lipinski definition) is 3. The number of carbonyl (C=O) groups is 1. The second kappa shape index (κ2) is 9.69. The van der Waals surface area contributed by atoms with Crippen LogP contribution in [0.15, 0.2) is 36.4 Å². The number of halogens is 5. The van der Waals surface area contributed by atoms with E-state index in [9.17, 15) is 23.1 Å². The van der Waals surface area contributed by atoms with Gasteiger partial charge < -0.3 is 14.9 Å². The van der Waals surface area contributed by atoms with Crippen molar-refractivity contribution < 1.29 is 32.9 Å². The van der Waals surface area contributed by atoms with Gasteiger partial charge in [-0.3, -0.25) is 0 Å². The Morgan fingerprint density at radius 2 is 1.72 bits per heavy atom. The number of ether oxygens (including phenoxy) is 1. The van der Waals surface area contributed by atoms with E-state index in [0.29, 0.717) is 17.5 Å². The summed E-state index contributed by atoms with van der Waals surface area (Å²) in [5.41, 5.74) is 0.163. The van der Waals surface area contributed by atoms with Crippen molar-refractivity contribution in [1.82, 2.24) is 0 Å². The van der Waals surface area contributed by atoms with Gasteiger partial charge in [0.15, 0.2) is 6.10 Å². The average Bonchev–Trinajstić information content (AvgIpc) is 2.67. The molecule has 2 atom stereocenters. The van der Waals surface area contributed by atoms with E-state index < -0.39 is 29.9 Å². The second-order valence-electron chi connectivity index (χ2n) is 6.38. The van der Waals surface area contributed by atoms with Gasteiger partial charge >= 0.3 is 12.1 Å². The van der Waals surface area contributed by atoms with E-state index in [-0.39, 0.29) is 28.6 Å². The maximum Gasteiger partial charge on any atom is 0.416 e. The molecule has 4 nitrogen and oxygen atoms in total. The zero-order valence-electron chi connectivity index (χ0n) is 15.3. The molecule has 0 aliphatic carbocycles. The number of aryl methyl sites for hydroxylation is 1. The van der Waals surface area contributed by atoms with Crippen LogP contribution in [-0.4, -0.2) is 22.3 Å². The van der Waals surface area contributed by atoms with E-state index in [1.807, 2.05) is 0 Å². The summed E-state index contributed by atoms with van der Waals surface area (Å²) in [6, 6.07) is 7.41. The minimum Gasteiger partial charge on any atom is -0.479 e. The van der Waals surface area contributed by atoms with Gasteiger partial charge in [-0.15, -0.1) is 0 Å². The van der Waals surface area contributed by atoms with Gasteiger partial charge in [-0.25, -0.2) is 4.79 Å². The standard InChI is InChI=1S/C20H19Cl2F3O4/c1-2-15(19(27)28)29-16-10-6-12(17(21)18(16)22)5-9-14(26)11-3-7-13(8-4-11)20(23,24)25/h3-4,6-8,10,14-15,26H,2,5,9H2,1H3,(H,27,28). The summed E-state index contributed by atoms with van der Waals surface area (Å²) in [4.78, 5) is 11.1. The molecule has 0 saturated heterocycles. The van der Waals surface area contributed by atoms with Crippen LogP contribution in [0.25, 0.3) is 0 Å². The lowest BCUT2D eigenvalue weighted by atomic mass is 10.00. The number of rotatable bonds is 8. The Hall–Kier alpha value is -1.96. The quantitative estimate of drug-likeness (QED) is 0.523. The van der Waals surface area contributed by atoms with Crippen LogP contribution < -0.4 is 4.74 Å². The van der Waals surface area contributed by atoms with Crippen LogP contribution in [0.5, 0.6) is 5.75 Å². The molecule has 0 aliphatic heterocycles. The minimum atomic E-state index is -4.44. The molecule has 0 heterocycles. The van der Waals surface area contributed by atoms with E-state index in [2.05, 4.69) is 0 Å². The van der Waals surface area contributed by atoms with Gasteiger partial charge in [-0.2, -0.15) is 13.2 Å². The monoisotopic (exact) mass is 450 g/mol. The lowest BCUT2D eigenvalue weighted by molar-refractivity contribution is -0.145. The minimum absolute atomic E-state index is 0.0629. The molecule has 9 heteroatoms. The van der Waals surface area contributed by atoms with Gasteiger partial charge in [0.1, 0.15) is 10.8 Å². The molecule has 0 spiro atoms. The fraction of sp³-hybridized carbons (Fsp3) is 0.350. The maximum absolute atomic E-state index is 12.6. The third-order valence-corrected chi connectivity index (χ3v) is 5.26.